The minimum Gasteiger partial charge on any atom is -0.478 e. The van der Waals surface area contributed by atoms with Gasteiger partial charge in [-0.2, -0.15) is 0 Å². The Labute approximate surface area is 114 Å². The molecule has 0 aliphatic carbocycles. The topological polar surface area (TPSA) is 67.5 Å². The van der Waals surface area contributed by atoms with Crippen molar-refractivity contribution in [2.24, 2.45) is 5.73 Å². The van der Waals surface area contributed by atoms with Crippen molar-refractivity contribution in [3.05, 3.63) is 11.9 Å². The van der Waals surface area contributed by atoms with Gasteiger partial charge in [-0.05, 0) is 13.8 Å². The van der Waals surface area contributed by atoms with Gasteiger partial charge < -0.3 is 15.4 Å². The summed E-state index contributed by atoms with van der Waals surface area (Å²) < 4.78 is 5.52. The summed E-state index contributed by atoms with van der Waals surface area (Å²) in [5.41, 5.74) is 6.61. The molecule has 1 aromatic rings. The van der Waals surface area contributed by atoms with E-state index < -0.39 is 0 Å². The van der Waals surface area contributed by atoms with Crippen LogP contribution in [0.25, 0.3) is 0 Å². The first-order chi connectivity index (χ1) is 9.26. The van der Waals surface area contributed by atoms with Crippen LogP contribution < -0.4 is 15.4 Å². The quantitative estimate of drug-likeness (QED) is 0.824. The van der Waals surface area contributed by atoms with Crippen LogP contribution in [-0.4, -0.2) is 60.7 Å². The van der Waals surface area contributed by atoms with Crippen LogP contribution in [0.1, 0.15) is 12.5 Å². The number of nitrogens with two attached hydrogens (primary N) is 1. The number of hydrogen-bond donors (Lipinski definition) is 1. The van der Waals surface area contributed by atoms with Gasteiger partial charge in [-0.3, -0.25) is 4.90 Å². The van der Waals surface area contributed by atoms with Crippen molar-refractivity contribution in [2.75, 3.05) is 50.8 Å². The van der Waals surface area contributed by atoms with Crippen molar-refractivity contribution in [2.45, 2.75) is 13.8 Å². The predicted molar refractivity (Wildman–Crippen MR) is 75.6 cm³/mol. The second kappa shape index (κ2) is 6.68. The van der Waals surface area contributed by atoms with Crippen LogP contribution in [0.15, 0.2) is 6.33 Å². The molecule has 19 heavy (non-hydrogen) atoms. The average molecular weight is 265 g/mol. The summed E-state index contributed by atoms with van der Waals surface area (Å²) in [7, 11) is 0. The Morgan fingerprint density at radius 3 is 2.63 bits per heavy atom. The Hall–Kier alpha value is -1.40. The Kier molecular flexibility index (Phi) is 4.93. The molecule has 1 fully saturated rings. The van der Waals surface area contributed by atoms with Crippen molar-refractivity contribution < 1.29 is 4.74 Å². The number of rotatable bonds is 5. The fourth-order valence-electron chi connectivity index (χ4n) is 2.39. The van der Waals surface area contributed by atoms with Gasteiger partial charge in [-0.1, -0.05) is 0 Å². The van der Waals surface area contributed by atoms with Crippen molar-refractivity contribution in [1.82, 2.24) is 14.9 Å². The van der Waals surface area contributed by atoms with Crippen molar-refractivity contribution in [1.29, 1.82) is 0 Å². The van der Waals surface area contributed by atoms with Gasteiger partial charge in [0.2, 0.25) is 5.88 Å². The molecular weight excluding hydrogens is 242 g/mol. The highest BCUT2D eigenvalue weighted by Gasteiger charge is 2.20. The molecule has 106 valence electrons. The molecule has 6 nitrogen and oxygen atoms in total. The second-order valence-electron chi connectivity index (χ2n) is 4.68. The third-order valence-electron chi connectivity index (χ3n) is 3.41. The van der Waals surface area contributed by atoms with Gasteiger partial charge in [0.25, 0.3) is 0 Å². The fraction of sp³-hybridized carbons (Fsp3) is 0.692. The minimum absolute atomic E-state index is 0.627. The van der Waals surface area contributed by atoms with Gasteiger partial charge in [0.15, 0.2) is 0 Å². The van der Waals surface area contributed by atoms with E-state index in [4.69, 9.17) is 10.5 Å². The zero-order valence-corrected chi connectivity index (χ0v) is 11.8. The summed E-state index contributed by atoms with van der Waals surface area (Å²) in [6.07, 6.45) is 1.58. The average Bonchev–Trinajstić information content (AvgIpc) is 2.43. The zero-order chi connectivity index (χ0) is 13.7. The van der Waals surface area contributed by atoms with Gasteiger partial charge in [0.05, 0.1) is 12.2 Å². The van der Waals surface area contributed by atoms with Gasteiger partial charge in [0.1, 0.15) is 12.1 Å². The fourth-order valence-corrected chi connectivity index (χ4v) is 2.39. The Balaban J connectivity index is 2.05. The molecule has 6 heteroatoms. The van der Waals surface area contributed by atoms with Gasteiger partial charge >= 0.3 is 0 Å². The predicted octanol–water partition coefficient (Wildman–Crippen LogP) is 0.264. The molecule has 2 N–H and O–H groups in total. The van der Waals surface area contributed by atoms with E-state index in [1.54, 1.807) is 6.33 Å². The van der Waals surface area contributed by atoms with Crippen molar-refractivity contribution in [3.8, 4) is 5.88 Å². The maximum Gasteiger partial charge on any atom is 0.221 e. The molecule has 2 heterocycles. The largest absolute Gasteiger partial charge is 0.478 e. The molecular formula is C13H23N5O. The van der Waals surface area contributed by atoms with Crippen molar-refractivity contribution >= 4 is 5.82 Å². The summed E-state index contributed by atoms with van der Waals surface area (Å²) in [5.74, 6) is 1.68. The lowest BCUT2D eigenvalue weighted by Gasteiger charge is -2.35. The molecule has 0 amide bonds. The van der Waals surface area contributed by atoms with E-state index in [2.05, 4.69) is 19.8 Å². The SMILES string of the molecule is CCOc1ncnc(N2CCN(CCN)CC2)c1C. The van der Waals surface area contributed by atoms with Gasteiger partial charge in [-0.15, -0.1) is 0 Å². The molecule has 0 atom stereocenters. The molecule has 0 bridgehead atoms. The van der Waals surface area contributed by atoms with Crippen LogP contribution in [0, 0.1) is 6.92 Å². The van der Waals surface area contributed by atoms with E-state index in [0.717, 1.165) is 50.6 Å². The van der Waals surface area contributed by atoms with E-state index in [0.29, 0.717) is 12.5 Å². The first kappa shape index (κ1) is 14.0. The molecule has 0 aromatic carbocycles. The summed E-state index contributed by atoms with van der Waals surface area (Å²) in [4.78, 5) is 13.3. The first-order valence-electron chi connectivity index (χ1n) is 6.88. The number of nitrogens with zero attached hydrogens (tertiary/aromatic N) is 4. The second-order valence-corrected chi connectivity index (χ2v) is 4.68. The van der Waals surface area contributed by atoms with E-state index in [9.17, 15) is 0 Å². The maximum absolute atomic E-state index is 5.59. The molecule has 1 aromatic heterocycles. The van der Waals surface area contributed by atoms with E-state index in [1.807, 2.05) is 13.8 Å². The standard InChI is InChI=1S/C13H23N5O/c1-3-19-13-11(2)12(15-10-16-13)18-8-6-17(5-4-14)7-9-18/h10H,3-9,14H2,1-2H3. The van der Waals surface area contributed by atoms with Crippen LogP contribution in [-0.2, 0) is 0 Å². The van der Waals surface area contributed by atoms with E-state index >= 15 is 0 Å². The normalized spacial score (nSPS) is 16.7. The lowest BCUT2D eigenvalue weighted by Crippen LogP contribution is -2.48. The van der Waals surface area contributed by atoms with Gasteiger partial charge in [-0.25, -0.2) is 9.97 Å². The monoisotopic (exact) mass is 265 g/mol. The highest BCUT2D eigenvalue weighted by Crippen LogP contribution is 2.24. The number of piperazine rings is 1. The summed E-state index contributed by atoms with van der Waals surface area (Å²) >= 11 is 0. The highest BCUT2D eigenvalue weighted by atomic mass is 16.5. The van der Waals surface area contributed by atoms with Crippen LogP contribution in [0.3, 0.4) is 0 Å². The molecule has 0 radical (unpaired) electrons. The zero-order valence-electron chi connectivity index (χ0n) is 11.8. The molecule has 1 aliphatic rings. The molecule has 0 unspecified atom stereocenters. The molecule has 2 rings (SSSR count). The van der Waals surface area contributed by atoms with E-state index in [1.165, 1.54) is 0 Å². The van der Waals surface area contributed by atoms with E-state index in [-0.39, 0.29) is 0 Å². The van der Waals surface area contributed by atoms with Crippen LogP contribution >= 0.6 is 0 Å². The summed E-state index contributed by atoms with van der Waals surface area (Å²) in [6.45, 7) is 10.3. The lowest BCUT2D eigenvalue weighted by atomic mass is 10.2. The number of anilines is 1. The Morgan fingerprint density at radius 2 is 2.00 bits per heavy atom. The Bertz CT molecular complexity index is 404. The Morgan fingerprint density at radius 1 is 1.26 bits per heavy atom. The summed E-state index contributed by atoms with van der Waals surface area (Å²) in [6, 6.07) is 0. The smallest absolute Gasteiger partial charge is 0.221 e. The minimum atomic E-state index is 0.627. The number of ether oxygens (including phenoxy) is 1. The lowest BCUT2D eigenvalue weighted by molar-refractivity contribution is 0.263. The summed E-state index contributed by atoms with van der Waals surface area (Å²) in [5, 5.41) is 0. The first-order valence-corrected chi connectivity index (χ1v) is 6.88. The third-order valence-corrected chi connectivity index (χ3v) is 3.41. The molecule has 1 aliphatic heterocycles. The van der Waals surface area contributed by atoms with Crippen molar-refractivity contribution in [3.63, 3.8) is 0 Å². The van der Waals surface area contributed by atoms with Crippen LogP contribution in [0.4, 0.5) is 5.82 Å². The number of hydrogen-bond acceptors (Lipinski definition) is 6. The third kappa shape index (κ3) is 3.33. The van der Waals surface area contributed by atoms with Crippen LogP contribution in [0.2, 0.25) is 0 Å². The van der Waals surface area contributed by atoms with Gasteiger partial charge in [0, 0.05) is 39.3 Å². The van der Waals surface area contributed by atoms with Crippen LogP contribution in [0.5, 0.6) is 5.88 Å². The molecule has 0 saturated carbocycles. The molecule has 0 spiro atoms. The maximum atomic E-state index is 5.59. The number of aromatic nitrogens is 2. The highest BCUT2D eigenvalue weighted by molar-refractivity contribution is 5.50. The molecule has 1 saturated heterocycles.